The molecule has 5 heteroatoms. The number of thioether (sulfide) groups is 1. The zero-order chi connectivity index (χ0) is 14.0. The van der Waals surface area contributed by atoms with Gasteiger partial charge in [-0.3, -0.25) is 4.79 Å². The Morgan fingerprint density at radius 1 is 1.42 bits per heavy atom. The number of hydrogen-bond donors (Lipinski definition) is 0. The van der Waals surface area contributed by atoms with Crippen LogP contribution in [0.15, 0.2) is 22.7 Å². The van der Waals surface area contributed by atoms with Gasteiger partial charge in [0.15, 0.2) is 0 Å². The third kappa shape index (κ3) is 3.72. The Labute approximate surface area is 125 Å². The van der Waals surface area contributed by atoms with E-state index in [4.69, 9.17) is 0 Å². The summed E-state index contributed by atoms with van der Waals surface area (Å²) >= 11 is 5.16. The minimum absolute atomic E-state index is 0.0230. The van der Waals surface area contributed by atoms with Crippen LogP contribution in [0.2, 0.25) is 0 Å². The average molecular weight is 346 g/mol. The minimum atomic E-state index is -0.337. The lowest BCUT2D eigenvalue weighted by atomic mass is 10.1. The molecule has 0 spiro atoms. The number of rotatable bonds is 1. The van der Waals surface area contributed by atoms with Gasteiger partial charge in [0.2, 0.25) is 0 Å². The molecule has 1 aromatic carbocycles. The van der Waals surface area contributed by atoms with Gasteiger partial charge in [-0.25, -0.2) is 4.39 Å². The summed E-state index contributed by atoms with van der Waals surface area (Å²) in [4.78, 5) is 14.3. The van der Waals surface area contributed by atoms with E-state index >= 15 is 0 Å². The zero-order valence-corrected chi connectivity index (χ0v) is 13.5. The molecule has 2 rings (SSSR count). The monoisotopic (exact) mass is 345 g/mol. The van der Waals surface area contributed by atoms with E-state index in [-0.39, 0.29) is 16.5 Å². The van der Waals surface area contributed by atoms with Gasteiger partial charge in [0.1, 0.15) is 5.82 Å². The second-order valence-electron chi connectivity index (χ2n) is 5.27. The number of carbonyl (C=O) groups is 1. The van der Waals surface area contributed by atoms with E-state index in [1.807, 2.05) is 16.7 Å². The first kappa shape index (κ1) is 14.9. The first-order valence-corrected chi connectivity index (χ1v) is 8.05. The molecule has 1 amide bonds. The van der Waals surface area contributed by atoms with Gasteiger partial charge in [-0.15, -0.1) is 0 Å². The fourth-order valence-electron chi connectivity index (χ4n) is 2.06. The van der Waals surface area contributed by atoms with E-state index in [0.717, 1.165) is 25.3 Å². The molecule has 1 aliphatic rings. The molecule has 0 bridgehead atoms. The van der Waals surface area contributed by atoms with Crippen molar-refractivity contribution in [1.29, 1.82) is 0 Å². The Morgan fingerprint density at radius 2 is 2.16 bits per heavy atom. The molecule has 0 atom stereocenters. The van der Waals surface area contributed by atoms with Crippen LogP contribution in [-0.2, 0) is 0 Å². The van der Waals surface area contributed by atoms with Gasteiger partial charge in [-0.2, -0.15) is 11.8 Å². The molecule has 2 nitrogen and oxygen atoms in total. The topological polar surface area (TPSA) is 20.3 Å². The Morgan fingerprint density at radius 3 is 2.84 bits per heavy atom. The van der Waals surface area contributed by atoms with Crippen LogP contribution in [0.5, 0.6) is 0 Å². The molecule has 1 aromatic rings. The average Bonchev–Trinajstić information content (AvgIpc) is 2.49. The summed E-state index contributed by atoms with van der Waals surface area (Å²) in [5, 5.41) is 0. The van der Waals surface area contributed by atoms with Crippen molar-refractivity contribution >= 4 is 33.6 Å². The number of amides is 1. The quantitative estimate of drug-likeness (QED) is 0.768. The molecule has 0 saturated carbocycles. The predicted octanol–water partition coefficient (Wildman–Crippen LogP) is 3.95. The van der Waals surface area contributed by atoms with Gasteiger partial charge >= 0.3 is 0 Å². The lowest BCUT2D eigenvalue weighted by Gasteiger charge is -2.23. The second-order valence-corrected chi connectivity index (χ2v) is 7.93. The fraction of sp³-hybridized carbons (Fsp3) is 0.500. The van der Waals surface area contributed by atoms with Crippen LogP contribution in [0.3, 0.4) is 0 Å². The minimum Gasteiger partial charge on any atom is -0.338 e. The second kappa shape index (κ2) is 5.83. The third-order valence-electron chi connectivity index (χ3n) is 3.29. The van der Waals surface area contributed by atoms with Crippen molar-refractivity contribution in [3.8, 4) is 0 Å². The lowest BCUT2D eigenvalue weighted by Crippen LogP contribution is -2.33. The maximum absolute atomic E-state index is 13.1. The predicted molar refractivity (Wildman–Crippen MR) is 81.2 cm³/mol. The van der Waals surface area contributed by atoms with Crippen molar-refractivity contribution in [1.82, 2.24) is 4.90 Å². The van der Waals surface area contributed by atoms with Crippen molar-refractivity contribution in [2.24, 2.45) is 0 Å². The largest absolute Gasteiger partial charge is 0.338 e. The highest BCUT2D eigenvalue weighted by atomic mass is 79.9. The summed E-state index contributed by atoms with van der Waals surface area (Å²) in [5.74, 6) is 0.582. The molecule has 1 aliphatic heterocycles. The number of nitrogens with zero attached hydrogens (tertiary/aromatic N) is 1. The van der Waals surface area contributed by atoms with E-state index in [1.54, 1.807) is 6.07 Å². The summed E-state index contributed by atoms with van der Waals surface area (Å²) in [6, 6.07) is 4.21. The van der Waals surface area contributed by atoms with Crippen molar-refractivity contribution in [3.63, 3.8) is 0 Å². The van der Waals surface area contributed by atoms with Gasteiger partial charge in [0.25, 0.3) is 5.91 Å². The summed E-state index contributed by atoms with van der Waals surface area (Å²) in [7, 11) is 0. The first-order valence-electron chi connectivity index (χ1n) is 6.27. The smallest absolute Gasteiger partial charge is 0.255 e. The van der Waals surface area contributed by atoms with Crippen LogP contribution < -0.4 is 0 Å². The Balaban J connectivity index is 2.15. The molecule has 19 heavy (non-hydrogen) atoms. The molecule has 1 fully saturated rings. The Kier molecular flexibility index (Phi) is 4.56. The maximum atomic E-state index is 13.1. The number of benzene rings is 1. The molecule has 0 aliphatic carbocycles. The Hall–Kier alpha value is -0.550. The molecular formula is C14H17BrFNOS. The van der Waals surface area contributed by atoms with Crippen molar-refractivity contribution in [3.05, 3.63) is 34.1 Å². The summed E-state index contributed by atoms with van der Waals surface area (Å²) in [6.07, 6.45) is 0.974. The van der Waals surface area contributed by atoms with Crippen LogP contribution in [0.1, 0.15) is 30.6 Å². The SMILES string of the molecule is CC1(C)CCN(C(=O)c2ccc(F)cc2Br)CCS1. The maximum Gasteiger partial charge on any atom is 0.255 e. The van der Waals surface area contributed by atoms with Crippen LogP contribution >= 0.6 is 27.7 Å². The van der Waals surface area contributed by atoms with Crippen LogP contribution in [0.4, 0.5) is 4.39 Å². The van der Waals surface area contributed by atoms with Crippen molar-refractivity contribution in [2.45, 2.75) is 25.0 Å². The summed E-state index contributed by atoms with van der Waals surface area (Å²) in [6.45, 7) is 5.91. The van der Waals surface area contributed by atoms with Crippen LogP contribution in [0, 0.1) is 5.82 Å². The van der Waals surface area contributed by atoms with Crippen molar-refractivity contribution < 1.29 is 9.18 Å². The number of hydrogen-bond acceptors (Lipinski definition) is 2. The first-order chi connectivity index (χ1) is 8.89. The molecule has 0 radical (unpaired) electrons. The zero-order valence-electron chi connectivity index (χ0n) is 11.1. The molecule has 0 aromatic heterocycles. The van der Waals surface area contributed by atoms with E-state index in [9.17, 15) is 9.18 Å². The van der Waals surface area contributed by atoms with Crippen LogP contribution in [-0.4, -0.2) is 34.4 Å². The number of carbonyl (C=O) groups excluding carboxylic acids is 1. The van der Waals surface area contributed by atoms with Crippen molar-refractivity contribution in [2.75, 3.05) is 18.8 Å². The third-order valence-corrected chi connectivity index (χ3v) is 5.31. The van der Waals surface area contributed by atoms with E-state index in [1.165, 1.54) is 12.1 Å². The molecule has 1 saturated heterocycles. The standard InChI is InChI=1S/C14H17BrFNOS/c1-14(2)5-6-17(7-8-19-14)13(18)11-4-3-10(16)9-12(11)15/h3-4,9H,5-8H2,1-2H3. The van der Waals surface area contributed by atoms with Gasteiger partial charge in [0.05, 0.1) is 5.56 Å². The van der Waals surface area contributed by atoms with E-state index < -0.39 is 0 Å². The van der Waals surface area contributed by atoms with Gasteiger partial charge in [0, 0.05) is 28.1 Å². The van der Waals surface area contributed by atoms with Gasteiger partial charge in [-0.1, -0.05) is 13.8 Å². The molecule has 1 heterocycles. The summed E-state index contributed by atoms with van der Waals surface area (Å²) < 4.78 is 13.8. The van der Waals surface area contributed by atoms with Gasteiger partial charge < -0.3 is 4.90 Å². The molecule has 0 unspecified atom stereocenters. The molecule has 0 N–H and O–H groups in total. The number of halogens is 2. The Bertz CT molecular complexity index is 492. The normalized spacial score (nSPS) is 19.1. The molecule has 104 valence electrons. The highest BCUT2D eigenvalue weighted by molar-refractivity contribution is 9.10. The highest BCUT2D eigenvalue weighted by Gasteiger charge is 2.27. The fourth-order valence-corrected chi connectivity index (χ4v) is 3.68. The van der Waals surface area contributed by atoms with Crippen LogP contribution in [0.25, 0.3) is 0 Å². The highest BCUT2D eigenvalue weighted by Crippen LogP contribution is 2.31. The van der Waals surface area contributed by atoms with E-state index in [2.05, 4.69) is 29.8 Å². The van der Waals surface area contributed by atoms with E-state index in [0.29, 0.717) is 10.0 Å². The van der Waals surface area contributed by atoms with Gasteiger partial charge in [-0.05, 0) is 40.5 Å². The summed E-state index contributed by atoms with van der Waals surface area (Å²) in [5.41, 5.74) is 0.533. The lowest BCUT2D eigenvalue weighted by molar-refractivity contribution is 0.0763. The molecular weight excluding hydrogens is 329 g/mol.